The highest BCUT2D eigenvalue weighted by Gasteiger charge is 2.18. The van der Waals surface area contributed by atoms with E-state index < -0.39 is 5.95 Å². The number of aryl methyl sites for hydroxylation is 1. The van der Waals surface area contributed by atoms with Gasteiger partial charge in [-0.2, -0.15) is 4.39 Å². The number of aromatic nitrogens is 4. The number of nitrogens with one attached hydrogen (secondary N) is 1. The number of imidazole rings is 1. The Kier molecular flexibility index (Phi) is 5.58. The number of nitrogens with zero attached hydrogens (tertiary/aromatic N) is 4. The van der Waals surface area contributed by atoms with Crippen molar-refractivity contribution in [3.05, 3.63) is 83.5 Å². The van der Waals surface area contributed by atoms with Gasteiger partial charge in [0.15, 0.2) is 0 Å². The van der Waals surface area contributed by atoms with Crippen LogP contribution in [-0.2, 0) is 6.61 Å². The van der Waals surface area contributed by atoms with Gasteiger partial charge in [0, 0.05) is 35.3 Å². The summed E-state index contributed by atoms with van der Waals surface area (Å²) in [5.74, 6) is 1.21. The average molecular weight is 415 g/mol. The van der Waals surface area contributed by atoms with Gasteiger partial charge in [0.05, 0.1) is 12.7 Å². The summed E-state index contributed by atoms with van der Waals surface area (Å²) < 4.78 is 24.5. The third-order valence-corrected chi connectivity index (χ3v) is 4.60. The van der Waals surface area contributed by atoms with Crippen LogP contribution in [0, 0.1) is 19.4 Å². The number of H-pyrrole nitrogens is 1. The molecular weight excluding hydrogens is 397 g/mol. The lowest BCUT2D eigenvalue weighted by molar-refractivity contribution is 0.303. The van der Waals surface area contributed by atoms with Crippen LogP contribution in [-0.4, -0.2) is 27.0 Å². The molecule has 0 bridgehead atoms. The molecule has 0 aliphatic heterocycles. The maximum atomic E-state index is 13.1. The van der Waals surface area contributed by atoms with E-state index in [1.807, 2.05) is 19.1 Å². The van der Waals surface area contributed by atoms with Crippen LogP contribution in [0.3, 0.4) is 0 Å². The molecule has 0 atom stereocenters. The van der Waals surface area contributed by atoms with Gasteiger partial charge >= 0.3 is 0 Å². The van der Waals surface area contributed by atoms with Crippen molar-refractivity contribution < 1.29 is 13.9 Å². The summed E-state index contributed by atoms with van der Waals surface area (Å²) in [7, 11) is 1.54. The van der Waals surface area contributed by atoms with E-state index in [4.69, 9.17) is 16.0 Å². The first-order chi connectivity index (χ1) is 15.1. The number of hydrogen-bond acceptors (Lipinski definition) is 5. The van der Waals surface area contributed by atoms with Crippen molar-refractivity contribution in [3.8, 4) is 34.1 Å². The van der Waals surface area contributed by atoms with Crippen LogP contribution >= 0.6 is 0 Å². The third kappa shape index (κ3) is 4.36. The third-order valence-electron chi connectivity index (χ3n) is 4.60. The second-order valence-corrected chi connectivity index (χ2v) is 6.72. The van der Waals surface area contributed by atoms with Gasteiger partial charge in [0.25, 0.3) is 5.82 Å². The lowest BCUT2D eigenvalue weighted by Crippen LogP contribution is -1.97. The smallest absolute Gasteiger partial charge is 0.256 e. The van der Waals surface area contributed by atoms with E-state index in [-0.39, 0.29) is 5.82 Å². The molecule has 0 aliphatic rings. The molecule has 3 aromatic heterocycles. The lowest BCUT2D eigenvalue weighted by Gasteiger charge is -2.11. The summed E-state index contributed by atoms with van der Waals surface area (Å²) >= 11 is 0. The van der Waals surface area contributed by atoms with Crippen molar-refractivity contribution in [2.45, 2.75) is 13.5 Å². The summed E-state index contributed by atoms with van der Waals surface area (Å²) in [5, 5.41) is 0. The van der Waals surface area contributed by atoms with Crippen LogP contribution in [0.4, 0.5) is 10.2 Å². The summed E-state index contributed by atoms with van der Waals surface area (Å²) in [5.41, 5.74) is 3.54. The molecule has 0 radical (unpaired) electrons. The van der Waals surface area contributed by atoms with Crippen molar-refractivity contribution in [2.75, 3.05) is 7.11 Å². The molecular formula is C23H18FN5O2. The molecule has 0 fully saturated rings. The molecule has 0 unspecified atom stereocenters. The van der Waals surface area contributed by atoms with E-state index in [9.17, 15) is 4.39 Å². The molecule has 1 aromatic carbocycles. The van der Waals surface area contributed by atoms with Crippen molar-refractivity contribution in [1.29, 1.82) is 0 Å². The molecule has 0 saturated carbocycles. The molecule has 0 aliphatic carbocycles. The highest BCUT2D eigenvalue weighted by Crippen LogP contribution is 2.38. The fraction of sp³-hybridized carbons (Fsp3) is 0.130. The molecule has 0 spiro atoms. The number of methoxy groups -OCH3 is 1. The molecule has 154 valence electrons. The van der Waals surface area contributed by atoms with Crippen LogP contribution in [0.1, 0.15) is 11.3 Å². The van der Waals surface area contributed by atoms with Crippen molar-refractivity contribution in [2.24, 2.45) is 0 Å². The second-order valence-electron chi connectivity index (χ2n) is 6.72. The largest absolute Gasteiger partial charge is 0.496 e. The normalized spacial score (nSPS) is 10.5. The van der Waals surface area contributed by atoms with Gasteiger partial charge in [-0.05, 0) is 37.3 Å². The van der Waals surface area contributed by atoms with Crippen LogP contribution < -0.4 is 9.47 Å². The first-order valence-electron chi connectivity index (χ1n) is 9.39. The summed E-state index contributed by atoms with van der Waals surface area (Å²) in [6.45, 7) is 9.79. The van der Waals surface area contributed by atoms with Crippen LogP contribution in [0.25, 0.3) is 27.5 Å². The highest BCUT2D eigenvalue weighted by atomic mass is 19.1. The Balaban J connectivity index is 1.62. The zero-order valence-corrected chi connectivity index (χ0v) is 16.9. The second kappa shape index (κ2) is 8.63. The minimum Gasteiger partial charge on any atom is -0.496 e. The molecule has 1 N–H and O–H groups in total. The number of halogens is 1. The number of pyridine rings is 2. The van der Waals surface area contributed by atoms with Crippen LogP contribution in [0.5, 0.6) is 11.5 Å². The monoisotopic (exact) mass is 415 g/mol. The summed E-state index contributed by atoms with van der Waals surface area (Å²) in [4.78, 5) is 18.9. The zero-order chi connectivity index (χ0) is 21.8. The number of ether oxygens (including phenoxy) is 2. The summed E-state index contributed by atoms with van der Waals surface area (Å²) in [6.07, 6.45) is 3.14. The first kappa shape index (κ1) is 20.0. The Morgan fingerprint density at radius 1 is 1.10 bits per heavy atom. The quantitative estimate of drug-likeness (QED) is 0.349. The van der Waals surface area contributed by atoms with Crippen molar-refractivity contribution in [3.63, 3.8) is 0 Å². The Morgan fingerprint density at radius 3 is 2.65 bits per heavy atom. The maximum absolute atomic E-state index is 13.1. The van der Waals surface area contributed by atoms with Crippen molar-refractivity contribution in [1.82, 2.24) is 19.9 Å². The minimum absolute atomic E-state index is 0.247. The van der Waals surface area contributed by atoms with E-state index in [1.54, 1.807) is 37.6 Å². The number of hydrogen-bond donors (Lipinski definition) is 1. The standard InChI is InChI=1S/C23H18FN5O2/c1-14-4-5-15(11-26-14)13-31-17-7-8-18(19(10-17)30-3)21-23(25-2)29-22(28-21)16-6-9-20(24)27-12-16/h4-12H,13H2,1,3H3,(H,28,29). The molecule has 7 nitrogen and oxygen atoms in total. The Morgan fingerprint density at radius 2 is 1.97 bits per heavy atom. The van der Waals surface area contributed by atoms with Gasteiger partial charge < -0.3 is 14.3 Å². The Bertz CT molecular complexity index is 1240. The molecule has 4 aromatic rings. The molecule has 8 heteroatoms. The summed E-state index contributed by atoms with van der Waals surface area (Å²) in [6, 6.07) is 12.0. The molecule has 0 amide bonds. The van der Waals surface area contributed by atoms with Gasteiger partial charge in [0.2, 0.25) is 11.8 Å². The van der Waals surface area contributed by atoms with Crippen LogP contribution in [0.2, 0.25) is 0 Å². The Hall–Kier alpha value is -4.25. The van der Waals surface area contributed by atoms with Gasteiger partial charge in [-0.25, -0.2) is 9.97 Å². The fourth-order valence-corrected chi connectivity index (χ4v) is 2.99. The van der Waals surface area contributed by atoms with Crippen molar-refractivity contribution >= 4 is 5.82 Å². The van der Waals surface area contributed by atoms with E-state index in [1.165, 1.54) is 12.3 Å². The van der Waals surface area contributed by atoms with E-state index >= 15 is 0 Å². The maximum Gasteiger partial charge on any atom is 0.256 e. The first-order valence-corrected chi connectivity index (χ1v) is 9.39. The number of benzene rings is 1. The van der Waals surface area contributed by atoms with Crippen LogP contribution in [0.15, 0.2) is 54.9 Å². The predicted octanol–water partition coefficient (Wildman–Crippen LogP) is 5.12. The zero-order valence-electron chi connectivity index (χ0n) is 16.9. The predicted molar refractivity (Wildman–Crippen MR) is 113 cm³/mol. The van der Waals surface area contributed by atoms with Gasteiger partial charge in [-0.15, -0.1) is 0 Å². The average Bonchev–Trinajstić information content (AvgIpc) is 3.23. The van der Waals surface area contributed by atoms with E-state index in [2.05, 4.69) is 24.8 Å². The minimum atomic E-state index is -0.584. The Labute approximate surface area is 178 Å². The topological polar surface area (TPSA) is 77.3 Å². The lowest BCUT2D eigenvalue weighted by atomic mass is 10.1. The molecule has 4 rings (SSSR count). The number of rotatable bonds is 6. The van der Waals surface area contributed by atoms with Gasteiger partial charge in [0.1, 0.15) is 23.8 Å². The van der Waals surface area contributed by atoms with Gasteiger partial charge in [-0.1, -0.05) is 12.6 Å². The van der Waals surface area contributed by atoms with Gasteiger partial charge in [-0.3, -0.25) is 9.97 Å². The SMILES string of the molecule is [C-]#[N+]c1[nH]c(-c2ccc(F)nc2)nc1-c1ccc(OCc2ccc(C)nc2)cc1OC. The molecule has 31 heavy (non-hydrogen) atoms. The highest BCUT2D eigenvalue weighted by molar-refractivity contribution is 5.80. The van der Waals surface area contributed by atoms with E-state index in [0.29, 0.717) is 40.8 Å². The number of aromatic amines is 1. The fourth-order valence-electron chi connectivity index (χ4n) is 2.99. The van der Waals surface area contributed by atoms with E-state index in [0.717, 1.165) is 11.3 Å². The molecule has 3 heterocycles. The molecule has 0 saturated heterocycles.